The van der Waals surface area contributed by atoms with E-state index in [2.05, 4.69) is 11.2 Å². The van der Waals surface area contributed by atoms with Gasteiger partial charge in [0.05, 0.1) is 5.57 Å². The number of hydrogen-bond donors (Lipinski definition) is 0. The van der Waals surface area contributed by atoms with Crippen molar-refractivity contribution in [3.05, 3.63) is 40.4 Å². The molecule has 0 amide bonds. The standard InChI is InChI=1S/C12H13N3O/c1-9-6-11(14-16)4-5-12(9)10(7-13)8-15(2)3/h4-6,8H,1-3H3/b10-8+. The van der Waals surface area contributed by atoms with Crippen molar-refractivity contribution in [1.82, 2.24) is 4.90 Å². The molecule has 0 aromatic heterocycles. The second-order valence-corrected chi connectivity index (χ2v) is 3.71. The maximum atomic E-state index is 10.3. The molecule has 0 radical (unpaired) electrons. The minimum atomic E-state index is 0.378. The zero-order chi connectivity index (χ0) is 12.1. The lowest BCUT2D eigenvalue weighted by atomic mass is 10.0. The van der Waals surface area contributed by atoms with Gasteiger partial charge in [-0.2, -0.15) is 5.26 Å². The molecule has 0 aliphatic carbocycles. The third-order valence-electron chi connectivity index (χ3n) is 2.11. The lowest BCUT2D eigenvalue weighted by Gasteiger charge is -2.08. The van der Waals surface area contributed by atoms with Gasteiger partial charge < -0.3 is 4.90 Å². The minimum absolute atomic E-state index is 0.378. The zero-order valence-electron chi connectivity index (χ0n) is 9.56. The van der Waals surface area contributed by atoms with Crippen LogP contribution in [0.1, 0.15) is 11.1 Å². The summed E-state index contributed by atoms with van der Waals surface area (Å²) in [6, 6.07) is 7.16. The first-order valence-corrected chi connectivity index (χ1v) is 4.81. The van der Waals surface area contributed by atoms with Crippen molar-refractivity contribution >= 4 is 11.3 Å². The molecule has 0 fully saturated rings. The highest BCUT2D eigenvalue weighted by atomic mass is 16.3. The number of aryl methyl sites for hydroxylation is 1. The fourth-order valence-electron chi connectivity index (χ4n) is 1.42. The van der Waals surface area contributed by atoms with E-state index in [9.17, 15) is 4.91 Å². The summed E-state index contributed by atoms with van der Waals surface area (Å²) in [5, 5.41) is 11.9. The smallest absolute Gasteiger partial charge is 0.108 e. The zero-order valence-corrected chi connectivity index (χ0v) is 9.56. The summed E-state index contributed by atoms with van der Waals surface area (Å²) in [5.41, 5.74) is 2.64. The molecule has 0 N–H and O–H groups in total. The number of nitroso groups, excluding NO2 is 1. The van der Waals surface area contributed by atoms with E-state index < -0.39 is 0 Å². The van der Waals surface area contributed by atoms with Crippen LogP contribution in [0.25, 0.3) is 5.57 Å². The van der Waals surface area contributed by atoms with E-state index in [1.807, 2.05) is 25.9 Å². The van der Waals surface area contributed by atoms with Crippen molar-refractivity contribution in [3.63, 3.8) is 0 Å². The molecule has 0 aliphatic rings. The van der Waals surface area contributed by atoms with Gasteiger partial charge in [0.25, 0.3) is 0 Å². The van der Waals surface area contributed by atoms with Crippen LogP contribution in [0, 0.1) is 23.2 Å². The van der Waals surface area contributed by atoms with Crippen molar-refractivity contribution < 1.29 is 0 Å². The van der Waals surface area contributed by atoms with Gasteiger partial charge in [0, 0.05) is 20.3 Å². The molecule has 0 unspecified atom stereocenters. The van der Waals surface area contributed by atoms with Crippen LogP contribution in [0.5, 0.6) is 0 Å². The van der Waals surface area contributed by atoms with Gasteiger partial charge in [0.15, 0.2) is 0 Å². The second-order valence-electron chi connectivity index (χ2n) is 3.71. The van der Waals surface area contributed by atoms with Crippen LogP contribution >= 0.6 is 0 Å². The van der Waals surface area contributed by atoms with Gasteiger partial charge in [-0.05, 0) is 35.4 Å². The number of allylic oxidation sites excluding steroid dienone is 1. The molecule has 0 atom stereocenters. The molecular weight excluding hydrogens is 202 g/mol. The summed E-state index contributed by atoms with van der Waals surface area (Å²) in [5.74, 6) is 0. The van der Waals surface area contributed by atoms with Crippen molar-refractivity contribution in [2.75, 3.05) is 14.1 Å². The Bertz CT molecular complexity index is 470. The average Bonchev–Trinajstić information content (AvgIpc) is 2.25. The summed E-state index contributed by atoms with van der Waals surface area (Å²) < 4.78 is 0. The van der Waals surface area contributed by atoms with Gasteiger partial charge in [-0.15, -0.1) is 4.91 Å². The normalized spacial score (nSPS) is 10.8. The highest BCUT2D eigenvalue weighted by Crippen LogP contribution is 2.23. The van der Waals surface area contributed by atoms with Crippen molar-refractivity contribution in [1.29, 1.82) is 5.26 Å². The van der Waals surface area contributed by atoms with Crippen molar-refractivity contribution in [3.8, 4) is 6.07 Å². The van der Waals surface area contributed by atoms with E-state index in [0.717, 1.165) is 11.1 Å². The van der Waals surface area contributed by atoms with E-state index in [-0.39, 0.29) is 0 Å². The van der Waals surface area contributed by atoms with Gasteiger partial charge in [0.1, 0.15) is 11.8 Å². The molecule has 16 heavy (non-hydrogen) atoms. The SMILES string of the molecule is Cc1cc(N=O)ccc1/C(C#N)=C/N(C)C. The Labute approximate surface area is 94.8 Å². The van der Waals surface area contributed by atoms with Crippen LogP contribution in [0.3, 0.4) is 0 Å². The quantitative estimate of drug-likeness (QED) is 0.575. The van der Waals surface area contributed by atoms with Gasteiger partial charge in [-0.25, -0.2) is 0 Å². The van der Waals surface area contributed by atoms with Crippen LogP contribution < -0.4 is 0 Å². The fraction of sp³-hybridized carbons (Fsp3) is 0.250. The Morgan fingerprint density at radius 2 is 2.19 bits per heavy atom. The van der Waals surface area contributed by atoms with Gasteiger partial charge >= 0.3 is 0 Å². The fourth-order valence-corrected chi connectivity index (χ4v) is 1.42. The molecule has 0 saturated heterocycles. The first-order valence-electron chi connectivity index (χ1n) is 4.81. The van der Waals surface area contributed by atoms with E-state index in [0.29, 0.717) is 11.3 Å². The summed E-state index contributed by atoms with van der Waals surface area (Å²) in [6.07, 6.45) is 1.75. The van der Waals surface area contributed by atoms with Crippen LogP contribution in [-0.2, 0) is 0 Å². The number of rotatable bonds is 3. The Morgan fingerprint density at radius 1 is 1.50 bits per heavy atom. The molecular formula is C12H13N3O. The molecule has 4 heteroatoms. The highest BCUT2D eigenvalue weighted by molar-refractivity contribution is 5.79. The van der Waals surface area contributed by atoms with Crippen LogP contribution in [0.15, 0.2) is 29.6 Å². The molecule has 0 saturated carbocycles. The Balaban J connectivity index is 3.23. The Kier molecular flexibility index (Phi) is 3.78. The second kappa shape index (κ2) is 5.08. The molecule has 1 aromatic rings. The summed E-state index contributed by atoms with van der Waals surface area (Å²) in [6.45, 7) is 1.85. The Morgan fingerprint density at radius 3 is 2.62 bits per heavy atom. The highest BCUT2D eigenvalue weighted by Gasteiger charge is 2.06. The van der Waals surface area contributed by atoms with Crippen molar-refractivity contribution in [2.45, 2.75) is 6.92 Å². The molecule has 0 aliphatic heterocycles. The molecule has 0 bridgehead atoms. The number of hydrogen-bond acceptors (Lipinski definition) is 4. The lowest BCUT2D eigenvalue weighted by Crippen LogP contribution is -2.02. The van der Waals surface area contributed by atoms with Crippen LogP contribution in [0.2, 0.25) is 0 Å². The van der Waals surface area contributed by atoms with Crippen LogP contribution in [-0.4, -0.2) is 19.0 Å². The molecule has 0 heterocycles. The summed E-state index contributed by atoms with van der Waals surface area (Å²) >= 11 is 0. The monoisotopic (exact) mass is 215 g/mol. The van der Waals surface area contributed by atoms with Crippen molar-refractivity contribution in [2.24, 2.45) is 5.18 Å². The third-order valence-corrected chi connectivity index (χ3v) is 2.11. The third kappa shape index (κ3) is 2.67. The maximum Gasteiger partial charge on any atom is 0.108 e. The van der Waals surface area contributed by atoms with E-state index >= 15 is 0 Å². The first kappa shape index (κ1) is 11.9. The van der Waals surface area contributed by atoms with Gasteiger partial charge in [-0.1, -0.05) is 6.07 Å². The first-order chi connectivity index (χ1) is 7.58. The maximum absolute atomic E-state index is 10.3. The number of benzene rings is 1. The average molecular weight is 215 g/mol. The summed E-state index contributed by atoms with van der Waals surface area (Å²) in [7, 11) is 3.71. The van der Waals surface area contributed by atoms with Gasteiger partial charge in [0.2, 0.25) is 0 Å². The van der Waals surface area contributed by atoms with E-state index in [1.54, 1.807) is 24.4 Å². The molecule has 82 valence electrons. The molecule has 4 nitrogen and oxygen atoms in total. The molecule has 0 spiro atoms. The van der Waals surface area contributed by atoms with Gasteiger partial charge in [-0.3, -0.25) is 0 Å². The largest absolute Gasteiger partial charge is 0.382 e. The molecule has 1 rings (SSSR count). The van der Waals surface area contributed by atoms with Crippen LogP contribution in [0.4, 0.5) is 5.69 Å². The number of nitriles is 1. The lowest BCUT2D eigenvalue weighted by molar-refractivity contribution is 0.566. The van der Waals surface area contributed by atoms with E-state index in [4.69, 9.17) is 5.26 Å². The van der Waals surface area contributed by atoms with E-state index in [1.165, 1.54) is 0 Å². The molecule has 1 aromatic carbocycles. The predicted octanol–water partition coefficient (Wildman–Crippen LogP) is 2.82. The minimum Gasteiger partial charge on any atom is -0.382 e. The predicted molar refractivity (Wildman–Crippen MR) is 63.9 cm³/mol. The topological polar surface area (TPSA) is 56.5 Å². The Hall–Kier alpha value is -2.15. The summed E-state index contributed by atoms with van der Waals surface area (Å²) in [4.78, 5) is 12.2. The number of nitrogens with zero attached hydrogens (tertiary/aromatic N) is 3.